The van der Waals surface area contributed by atoms with Gasteiger partial charge >= 0.3 is 12.1 Å². The van der Waals surface area contributed by atoms with Crippen molar-refractivity contribution in [3.8, 4) is 0 Å². The molecule has 0 heterocycles. The number of nitrogens with one attached hydrogen (secondary N) is 1. The largest absolute Gasteiger partial charge is 0.478 e. The van der Waals surface area contributed by atoms with Crippen molar-refractivity contribution in [2.24, 2.45) is 0 Å². The van der Waals surface area contributed by atoms with E-state index in [0.717, 1.165) is 0 Å². The Bertz CT molecular complexity index is 546. The molecule has 1 aromatic rings. The Hall–Kier alpha value is -2.45. The van der Waals surface area contributed by atoms with Gasteiger partial charge in [-0.05, 0) is 18.2 Å². The summed E-state index contributed by atoms with van der Waals surface area (Å²) in [5.41, 5.74) is 5.75. The van der Waals surface area contributed by atoms with Gasteiger partial charge in [-0.25, -0.2) is 4.79 Å². The first-order chi connectivity index (χ1) is 9.60. The standard InChI is InChI=1S/C12H14F3N3O3/c1-18(5-10(19)17-6-12(13,14)15)9-3-2-7(16)4-8(9)11(20)21/h2-4H,5-6,16H2,1H3,(H,17,19)(H,20,21). The first kappa shape index (κ1) is 16.6. The molecule has 4 N–H and O–H groups in total. The number of carboxylic acid groups (broad SMARTS) is 1. The van der Waals surface area contributed by atoms with Crippen molar-refractivity contribution in [1.29, 1.82) is 0 Å². The molecule has 1 aromatic carbocycles. The first-order valence-electron chi connectivity index (χ1n) is 5.77. The predicted molar refractivity (Wildman–Crippen MR) is 70.1 cm³/mol. The number of carbonyl (C=O) groups is 2. The second-order valence-electron chi connectivity index (χ2n) is 4.33. The number of nitrogen functional groups attached to an aromatic ring is 1. The monoisotopic (exact) mass is 305 g/mol. The maximum absolute atomic E-state index is 12.0. The Kier molecular flexibility index (Phi) is 5.01. The Morgan fingerprint density at radius 1 is 1.38 bits per heavy atom. The number of halogens is 3. The fraction of sp³-hybridized carbons (Fsp3) is 0.333. The molecule has 0 aromatic heterocycles. The lowest BCUT2D eigenvalue weighted by Gasteiger charge is -2.21. The molecule has 0 fully saturated rings. The van der Waals surface area contributed by atoms with Crippen LogP contribution in [0.3, 0.4) is 0 Å². The summed E-state index contributed by atoms with van der Waals surface area (Å²) in [7, 11) is 1.39. The molecule has 21 heavy (non-hydrogen) atoms. The van der Waals surface area contributed by atoms with E-state index in [-0.39, 0.29) is 16.9 Å². The van der Waals surface area contributed by atoms with E-state index in [9.17, 15) is 22.8 Å². The quantitative estimate of drug-likeness (QED) is 0.708. The van der Waals surface area contributed by atoms with E-state index in [4.69, 9.17) is 10.8 Å². The molecule has 0 aliphatic rings. The Labute approximate surface area is 118 Å². The van der Waals surface area contributed by atoms with Gasteiger partial charge in [0.15, 0.2) is 0 Å². The SMILES string of the molecule is CN(CC(=O)NCC(F)(F)F)c1ccc(N)cc1C(=O)O. The number of hydrogen-bond acceptors (Lipinski definition) is 4. The summed E-state index contributed by atoms with van der Waals surface area (Å²) in [4.78, 5) is 23.7. The highest BCUT2D eigenvalue weighted by Crippen LogP contribution is 2.22. The molecule has 0 bridgehead atoms. The Morgan fingerprint density at radius 3 is 2.52 bits per heavy atom. The average molecular weight is 305 g/mol. The lowest BCUT2D eigenvalue weighted by atomic mass is 10.1. The summed E-state index contributed by atoms with van der Waals surface area (Å²) in [6, 6.07) is 4.03. The number of carboxylic acids is 1. The van der Waals surface area contributed by atoms with E-state index >= 15 is 0 Å². The molecular weight excluding hydrogens is 291 g/mol. The van der Waals surface area contributed by atoms with E-state index in [1.54, 1.807) is 5.32 Å². The molecule has 0 aliphatic carbocycles. The van der Waals surface area contributed by atoms with Crippen molar-refractivity contribution in [3.63, 3.8) is 0 Å². The smallest absolute Gasteiger partial charge is 0.405 e. The van der Waals surface area contributed by atoms with Gasteiger partial charge in [0.05, 0.1) is 17.8 Å². The van der Waals surface area contributed by atoms with Gasteiger partial charge in [0, 0.05) is 12.7 Å². The van der Waals surface area contributed by atoms with E-state index in [1.807, 2.05) is 0 Å². The highest BCUT2D eigenvalue weighted by Gasteiger charge is 2.28. The topological polar surface area (TPSA) is 95.7 Å². The summed E-state index contributed by atoms with van der Waals surface area (Å²) >= 11 is 0. The zero-order valence-electron chi connectivity index (χ0n) is 11.1. The number of hydrogen-bond donors (Lipinski definition) is 3. The van der Waals surface area contributed by atoms with Crippen LogP contribution >= 0.6 is 0 Å². The van der Waals surface area contributed by atoms with Crippen LogP contribution in [0.25, 0.3) is 0 Å². The lowest BCUT2D eigenvalue weighted by Crippen LogP contribution is -2.40. The summed E-state index contributed by atoms with van der Waals surface area (Å²) in [6.07, 6.45) is -4.50. The fourth-order valence-corrected chi connectivity index (χ4v) is 1.61. The molecule has 0 aliphatic heterocycles. The van der Waals surface area contributed by atoms with Crippen molar-refractivity contribution in [1.82, 2.24) is 5.32 Å². The molecule has 9 heteroatoms. The van der Waals surface area contributed by atoms with Gasteiger partial charge in [0.1, 0.15) is 6.54 Å². The van der Waals surface area contributed by atoms with Crippen LogP contribution in [0, 0.1) is 0 Å². The number of likely N-dealkylation sites (N-methyl/N-ethyl adjacent to an activating group) is 1. The zero-order chi connectivity index (χ0) is 16.2. The summed E-state index contributed by atoms with van der Waals surface area (Å²) in [6.45, 7) is -1.85. The van der Waals surface area contributed by atoms with Crippen LogP contribution in [0.2, 0.25) is 0 Å². The van der Waals surface area contributed by atoms with Crippen LogP contribution in [0.5, 0.6) is 0 Å². The number of carbonyl (C=O) groups excluding carboxylic acids is 1. The molecule has 0 unspecified atom stereocenters. The second kappa shape index (κ2) is 6.33. The summed E-state index contributed by atoms with van der Waals surface area (Å²) < 4.78 is 35.9. The van der Waals surface area contributed by atoms with E-state index in [2.05, 4.69) is 0 Å². The lowest BCUT2D eigenvalue weighted by molar-refractivity contribution is -0.137. The van der Waals surface area contributed by atoms with Crippen LogP contribution < -0.4 is 16.0 Å². The van der Waals surface area contributed by atoms with Gasteiger partial charge in [-0.15, -0.1) is 0 Å². The number of benzene rings is 1. The van der Waals surface area contributed by atoms with Crippen molar-refractivity contribution in [2.75, 3.05) is 30.8 Å². The molecule has 116 valence electrons. The predicted octanol–water partition coefficient (Wildman–Crippen LogP) is 1.08. The van der Waals surface area contributed by atoms with Crippen molar-refractivity contribution in [3.05, 3.63) is 23.8 Å². The minimum Gasteiger partial charge on any atom is -0.478 e. The van der Waals surface area contributed by atoms with E-state index < -0.39 is 31.1 Å². The zero-order valence-corrected chi connectivity index (χ0v) is 11.1. The van der Waals surface area contributed by atoms with Gasteiger partial charge in [0.2, 0.25) is 5.91 Å². The third-order valence-corrected chi connectivity index (χ3v) is 2.53. The molecule has 0 radical (unpaired) electrons. The molecule has 0 saturated carbocycles. The fourth-order valence-electron chi connectivity index (χ4n) is 1.61. The number of anilines is 2. The van der Waals surface area contributed by atoms with Gasteiger partial charge in [-0.1, -0.05) is 0 Å². The highest BCUT2D eigenvalue weighted by atomic mass is 19.4. The number of nitrogens with zero attached hydrogens (tertiary/aromatic N) is 1. The molecule has 0 saturated heterocycles. The summed E-state index contributed by atoms with van der Waals surface area (Å²) in [5, 5.41) is 10.8. The molecule has 0 spiro atoms. The van der Waals surface area contributed by atoms with Crippen molar-refractivity contribution < 1.29 is 27.9 Å². The van der Waals surface area contributed by atoms with Crippen LogP contribution in [0.4, 0.5) is 24.5 Å². The second-order valence-corrected chi connectivity index (χ2v) is 4.33. The van der Waals surface area contributed by atoms with Crippen LogP contribution in [0.1, 0.15) is 10.4 Å². The maximum atomic E-state index is 12.0. The van der Waals surface area contributed by atoms with Crippen molar-refractivity contribution >= 4 is 23.3 Å². The number of aromatic carboxylic acids is 1. The van der Waals surface area contributed by atoms with E-state index in [1.165, 1.54) is 30.1 Å². The third kappa shape index (κ3) is 5.21. The van der Waals surface area contributed by atoms with Crippen LogP contribution in [-0.4, -0.2) is 43.3 Å². The highest BCUT2D eigenvalue weighted by molar-refractivity contribution is 5.96. The van der Waals surface area contributed by atoms with Gasteiger partial charge in [-0.2, -0.15) is 13.2 Å². The van der Waals surface area contributed by atoms with Crippen molar-refractivity contribution in [2.45, 2.75) is 6.18 Å². The Morgan fingerprint density at radius 2 is 2.00 bits per heavy atom. The normalized spacial score (nSPS) is 11.0. The van der Waals surface area contributed by atoms with Gasteiger partial charge < -0.3 is 21.1 Å². The third-order valence-electron chi connectivity index (χ3n) is 2.53. The Balaban J connectivity index is 2.78. The number of rotatable bonds is 5. The average Bonchev–Trinajstić information content (AvgIpc) is 2.35. The van der Waals surface area contributed by atoms with Gasteiger partial charge in [0.25, 0.3) is 0 Å². The summed E-state index contributed by atoms with van der Waals surface area (Å²) in [5.74, 6) is -2.12. The molecule has 6 nitrogen and oxygen atoms in total. The first-order valence-corrected chi connectivity index (χ1v) is 5.77. The molecule has 1 amide bonds. The van der Waals surface area contributed by atoms with Gasteiger partial charge in [-0.3, -0.25) is 4.79 Å². The molecule has 1 rings (SSSR count). The number of nitrogens with two attached hydrogens (primary N) is 1. The molecular formula is C12H14F3N3O3. The maximum Gasteiger partial charge on any atom is 0.405 e. The minimum atomic E-state index is -4.50. The van der Waals surface area contributed by atoms with Crippen LogP contribution in [0.15, 0.2) is 18.2 Å². The minimum absolute atomic E-state index is 0.138. The van der Waals surface area contributed by atoms with Crippen LogP contribution in [-0.2, 0) is 4.79 Å². The number of alkyl halides is 3. The van der Waals surface area contributed by atoms with E-state index in [0.29, 0.717) is 0 Å². The number of amides is 1. The molecule has 0 atom stereocenters.